The Bertz CT molecular complexity index is 691. The molecule has 0 unspecified atom stereocenters. The molecule has 1 aliphatic carbocycles. The molecular weight excluding hydrogens is 464 g/mol. The lowest BCUT2D eigenvalue weighted by atomic mass is 9.65. The summed E-state index contributed by atoms with van der Waals surface area (Å²) in [6.45, 7) is 20.6. The van der Waals surface area contributed by atoms with E-state index in [4.69, 9.17) is 5.73 Å². The van der Waals surface area contributed by atoms with Gasteiger partial charge in [-0.15, -0.1) is 0 Å². The normalized spacial score (nSPS) is 18.5. The van der Waals surface area contributed by atoms with Crippen LogP contribution in [-0.4, -0.2) is 50.2 Å². The molecule has 0 aromatic heterocycles. The van der Waals surface area contributed by atoms with E-state index in [1.54, 1.807) is 0 Å². The van der Waals surface area contributed by atoms with Crippen LogP contribution in [0.4, 0.5) is 0 Å². The number of nitrogens with two attached hydrogens (primary N) is 1. The second kappa shape index (κ2) is 12.8. The van der Waals surface area contributed by atoms with Gasteiger partial charge in [-0.2, -0.15) is 0 Å². The SMILES string of the molecule is CCCC(O)(CCC)[C@H](N(C(=O)C1(C(N)=O)CCCC1)[C@H](C(C)(C)C)C(O)(CCC)CCC)C(C)(C)C. The molecule has 0 radical (unpaired) electrons. The highest BCUT2D eigenvalue weighted by molar-refractivity contribution is 6.05. The van der Waals surface area contributed by atoms with Gasteiger partial charge in [0.25, 0.3) is 0 Å². The lowest BCUT2D eigenvalue weighted by Gasteiger charge is -2.59. The quantitative estimate of drug-likeness (QED) is 0.230. The molecule has 6 heteroatoms. The fourth-order valence-electron chi connectivity index (χ4n) is 7.67. The van der Waals surface area contributed by atoms with E-state index in [1.165, 1.54) is 0 Å². The maximum atomic E-state index is 15.0. The Morgan fingerprint density at radius 2 is 1.03 bits per heavy atom. The summed E-state index contributed by atoms with van der Waals surface area (Å²) in [4.78, 5) is 29.9. The van der Waals surface area contributed by atoms with Crippen molar-refractivity contribution in [2.24, 2.45) is 22.0 Å². The predicted octanol–water partition coefficient (Wildman–Crippen LogP) is 6.35. The second-order valence-electron chi connectivity index (χ2n) is 14.1. The second-order valence-corrected chi connectivity index (χ2v) is 14.1. The zero-order valence-corrected chi connectivity index (χ0v) is 25.9. The molecule has 37 heavy (non-hydrogen) atoms. The Morgan fingerprint density at radius 3 is 1.24 bits per heavy atom. The van der Waals surface area contributed by atoms with Crippen LogP contribution in [0.3, 0.4) is 0 Å². The Labute approximate surface area is 228 Å². The van der Waals surface area contributed by atoms with Crippen LogP contribution < -0.4 is 5.73 Å². The Balaban J connectivity index is 4.19. The van der Waals surface area contributed by atoms with Crippen LogP contribution >= 0.6 is 0 Å². The molecule has 0 aromatic rings. The molecule has 0 saturated heterocycles. The summed E-state index contributed by atoms with van der Waals surface area (Å²) in [7, 11) is 0. The zero-order chi connectivity index (χ0) is 28.9. The lowest BCUT2D eigenvalue weighted by molar-refractivity contribution is -0.194. The summed E-state index contributed by atoms with van der Waals surface area (Å²) < 4.78 is 0. The number of carbonyl (C=O) groups is 2. The molecule has 0 spiro atoms. The first kappa shape index (κ1) is 33.9. The summed E-state index contributed by atoms with van der Waals surface area (Å²) in [5.41, 5.74) is 1.36. The number of carbonyl (C=O) groups excluding carboxylic acids is 2. The molecule has 1 rings (SSSR count). The molecule has 218 valence electrons. The van der Waals surface area contributed by atoms with Gasteiger partial charge in [-0.25, -0.2) is 0 Å². The summed E-state index contributed by atoms with van der Waals surface area (Å²) >= 11 is 0. The number of aliphatic hydroxyl groups is 2. The average Bonchev–Trinajstić information content (AvgIpc) is 3.22. The van der Waals surface area contributed by atoms with Gasteiger partial charge in [0.05, 0.1) is 23.3 Å². The van der Waals surface area contributed by atoms with Crippen molar-refractivity contribution >= 4 is 11.8 Å². The van der Waals surface area contributed by atoms with E-state index in [9.17, 15) is 19.8 Å². The van der Waals surface area contributed by atoms with E-state index < -0.39 is 45.4 Å². The minimum absolute atomic E-state index is 0.298. The maximum absolute atomic E-state index is 15.0. The van der Waals surface area contributed by atoms with Gasteiger partial charge in [-0.1, -0.05) is 108 Å². The van der Waals surface area contributed by atoms with Gasteiger partial charge in [0.1, 0.15) is 5.41 Å². The highest BCUT2D eigenvalue weighted by Gasteiger charge is 2.60. The fraction of sp³-hybridized carbons (Fsp3) is 0.935. The standard InChI is InChI=1S/C31H60N2O4/c1-11-17-30(36,18-12-2)23(27(5,6)7)33(26(35)29(25(32)34)21-15-16-22-29)24(28(8,9)10)31(37,19-13-3)20-14-4/h23-24,36-37H,11-22H2,1-10H3,(H2,32,34)/t23-,24-/m1/s1. The molecule has 1 saturated carbocycles. The smallest absolute Gasteiger partial charge is 0.238 e. The summed E-state index contributed by atoms with van der Waals surface area (Å²) in [6, 6.07) is -1.21. The molecule has 1 fully saturated rings. The monoisotopic (exact) mass is 524 g/mol. The van der Waals surface area contributed by atoms with E-state index in [0.29, 0.717) is 38.5 Å². The third kappa shape index (κ3) is 7.29. The molecule has 4 N–H and O–H groups in total. The van der Waals surface area contributed by atoms with Gasteiger partial charge < -0.3 is 20.8 Å². The Morgan fingerprint density at radius 1 is 0.730 bits per heavy atom. The van der Waals surface area contributed by atoms with Crippen LogP contribution in [-0.2, 0) is 9.59 Å². The largest absolute Gasteiger partial charge is 0.388 e. The van der Waals surface area contributed by atoms with Gasteiger partial charge in [0.2, 0.25) is 11.8 Å². The minimum atomic E-state index is -1.30. The molecule has 2 amide bonds. The number of nitrogens with zero attached hydrogens (tertiary/aromatic N) is 1. The van der Waals surface area contributed by atoms with Gasteiger partial charge >= 0.3 is 0 Å². The number of amides is 2. The highest BCUT2D eigenvalue weighted by atomic mass is 16.3. The first-order valence-corrected chi connectivity index (χ1v) is 15.0. The van der Waals surface area contributed by atoms with Gasteiger partial charge in [0, 0.05) is 0 Å². The molecular formula is C31H60N2O4. The van der Waals surface area contributed by atoms with Crippen LogP contribution in [0.25, 0.3) is 0 Å². The first-order valence-electron chi connectivity index (χ1n) is 15.0. The minimum Gasteiger partial charge on any atom is -0.388 e. The number of hydrogen-bond donors (Lipinski definition) is 3. The van der Waals surface area contributed by atoms with Crippen molar-refractivity contribution in [2.75, 3.05) is 0 Å². The van der Waals surface area contributed by atoms with Crippen molar-refractivity contribution in [1.29, 1.82) is 0 Å². The van der Waals surface area contributed by atoms with E-state index >= 15 is 0 Å². The molecule has 0 bridgehead atoms. The van der Waals surface area contributed by atoms with Crippen LogP contribution in [0.15, 0.2) is 0 Å². The first-order chi connectivity index (χ1) is 16.9. The summed E-state index contributed by atoms with van der Waals surface area (Å²) in [5, 5.41) is 24.9. The van der Waals surface area contributed by atoms with E-state index in [2.05, 4.69) is 69.2 Å². The van der Waals surface area contributed by atoms with Crippen LogP contribution in [0, 0.1) is 16.2 Å². The maximum Gasteiger partial charge on any atom is 0.238 e. The molecule has 0 aliphatic heterocycles. The highest BCUT2D eigenvalue weighted by Crippen LogP contribution is 2.50. The molecule has 1 aliphatic rings. The van der Waals surface area contributed by atoms with E-state index in [1.807, 2.05) is 4.90 Å². The van der Waals surface area contributed by atoms with Gasteiger partial charge in [-0.05, 0) is 49.4 Å². The molecule has 2 atom stereocenters. The molecule has 0 heterocycles. The third-order valence-corrected chi connectivity index (χ3v) is 8.52. The third-order valence-electron chi connectivity index (χ3n) is 8.52. The van der Waals surface area contributed by atoms with Crippen molar-refractivity contribution in [3.8, 4) is 0 Å². The van der Waals surface area contributed by atoms with Crippen molar-refractivity contribution in [1.82, 2.24) is 4.90 Å². The predicted molar refractivity (Wildman–Crippen MR) is 153 cm³/mol. The number of primary amides is 1. The van der Waals surface area contributed by atoms with Crippen LogP contribution in [0.5, 0.6) is 0 Å². The fourth-order valence-corrected chi connectivity index (χ4v) is 7.67. The summed E-state index contributed by atoms with van der Waals surface area (Å²) in [5.74, 6) is -0.877. The number of hydrogen-bond acceptors (Lipinski definition) is 4. The lowest BCUT2D eigenvalue weighted by Crippen LogP contribution is -2.72. The topological polar surface area (TPSA) is 104 Å². The van der Waals surface area contributed by atoms with Crippen molar-refractivity contribution in [3.63, 3.8) is 0 Å². The zero-order valence-electron chi connectivity index (χ0n) is 25.9. The van der Waals surface area contributed by atoms with Crippen molar-refractivity contribution in [3.05, 3.63) is 0 Å². The van der Waals surface area contributed by atoms with Crippen molar-refractivity contribution < 1.29 is 19.8 Å². The molecule has 6 nitrogen and oxygen atoms in total. The van der Waals surface area contributed by atoms with Crippen molar-refractivity contribution in [2.45, 2.75) is 170 Å². The van der Waals surface area contributed by atoms with Gasteiger partial charge in [0.15, 0.2) is 0 Å². The van der Waals surface area contributed by atoms with Gasteiger partial charge in [-0.3, -0.25) is 9.59 Å². The average molecular weight is 525 g/mol. The summed E-state index contributed by atoms with van der Waals surface area (Å²) in [6.07, 6.45) is 7.58. The van der Waals surface area contributed by atoms with E-state index in [-0.39, 0.29) is 5.91 Å². The Hall–Kier alpha value is -1.14. The van der Waals surface area contributed by atoms with Crippen LogP contribution in [0.1, 0.15) is 146 Å². The molecule has 0 aromatic carbocycles. The Kier molecular flexibility index (Phi) is 11.7. The number of rotatable bonds is 14. The van der Waals surface area contributed by atoms with Crippen LogP contribution in [0.2, 0.25) is 0 Å². The van der Waals surface area contributed by atoms with E-state index in [0.717, 1.165) is 38.5 Å².